The monoisotopic (exact) mass is 209 g/mol. The lowest BCUT2D eigenvalue weighted by molar-refractivity contribution is 1.40. The summed E-state index contributed by atoms with van der Waals surface area (Å²) in [7, 11) is 0. The zero-order valence-electron chi connectivity index (χ0n) is 6.62. The Morgan fingerprint density at radius 1 is 1.31 bits per heavy atom. The quantitative estimate of drug-likeness (QED) is 0.785. The highest BCUT2D eigenvalue weighted by Gasteiger charge is 2.04. The van der Waals surface area contributed by atoms with E-state index < -0.39 is 0 Å². The van der Waals surface area contributed by atoms with E-state index in [9.17, 15) is 0 Å². The Bertz CT molecular complexity index is 408. The predicted molar refractivity (Wildman–Crippen MR) is 55.8 cm³/mol. The summed E-state index contributed by atoms with van der Waals surface area (Å²) >= 11 is 7.07. The largest absolute Gasteiger partial charge is 0.389 e. The van der Waals surface area contributed by atoms with Crippen LogP contribution in [0.1, 0.15) is 0 Å². The molecule has 0 fully saturated rings. The van der Waals surface area contributed by atoms with E-state index >= 15 is 0 Å². The van der Waals surface area contributed by atoms with Crippen LogP contribution in [-0.4, -0.2) is 4.98 Å². The van der Waals surface area contributed by atoms with Crippen molar-refractivity contribution in [1.82, 2.24) is 4.98 Å². The Hall–Kier alpha value is -1.06. The van der Waals surface area contributed by atoms with Gasteiger partial charge in [-0.05, 0) is 12.1 Å². The van der Waals surface area contributed by atoms with Gasteiger partial charge in [0.05, 0.1) is 0 Å². The SMILES string of the molecule is Nc1s[c]nc1-c1ccc(Cl)cc1. The lowest BCUT2D eigenvalue weighted by Crippen LogP contribution is -1.84. The number of benzene rings is 1. The number of hydrogen-bond acceptors (Lipinski definition) is 3. The van der Waals surface area contributed by atoms with Gasteiger partial charge in [-0.15, -0.1) is 0 Å². The Balaban J connectivity index is 2.47. The summed E-state index contributed by atoms with van der Waals surface area (Å²) in [4.78, 5) is 4.04. The molecule has 0 aliphatic rings. The molecule has 1 aromatic carbocycles. The van der Waals surface area contributed by atoms with Gasteiger partial charge in [0.1, 0.15) is 10.7 Å². The minimum atomic E-state index is 0.683. The number of hydrogen-bond donors (Lipinski definition) is 1. The third kappa shape index (κ3) is 1.66. The maximum atomic E-state index is 5.76. The number of rotatable bonds is 1. The summed E-state index contributed by atoms with van der Waals surface area (Å²) in [5.41, 5.74) is 10.2. The summed E-state index contributed by atoms with van der Waals surface area (Å²) in [6, 6.07) is 7.41. The fourth-order valence-corrected chi connectivity index (χ4v) is 1.66. The number of aromatic nitrogens is 1. The van der Waals surface area contributed by atoms with E-state index in [1.165, 1.54) is 11.3 Å². The van der Waals surface area contributed by atoms with Gasteiger partial charge in [0.25, 0.3) is 0 Å². The Kier molecular flexibility index (Phi) is 2.20. The van der Waals surface area contributed by atoms with Gasteiger partial charge in [-0.3, -0.25) is 0 Å². The lowest BCUT2D eigenvalue weighted by atomic mass is 10.2. The average molecular weight is 210 g/mol. The Morgan fingerprint density at radius 3 is 2.54 bits per heavy atom. The zero-order chi connectivity index (χ0) is 9.26. The third-order valence-electron chi connectivity index (χ3n) is 1.66. The first kappa shape index (κ1) is 8.53. The van der Waals surface area contributed by atoms with E-state index in [2.05, 4.69) is 10.5 Å². The van der Waals surface area contributed by atoms with Crippen LogP contribution >= 0.6 is 22.9 Å². The second-order valence-corrected chi connectivity index (χ2v) is 3.79. The molecule has 0 spiro atoms. The molecule has 0 aliphatic carbocycles. The van der Waals surface area contributed by atoms with Crippen LogP contribution in [0, 0.1) is 5.51 Å². The number of thiazole rings is 1. The third-order valence-corrected chi connectivity index (χ3v) is 2.51. The van der Waals surface area contributed by atoms with Crippen molar-refractivity contribution in [2.45, 2.75) is 0 Å². The zero-order valence-corrected chi connectivity index (χ0v) is 8.19. The highest BCUT2D eigenvalue weighted by molar-refractivity contribution is 7.13. The van der Waals surface area contributed by atoms with Gasteiger partial charge < -0.3 is 5.73 Å². The molecule has 1 heterocycles. The van der Waals surface area contributed by atoms with Crippen LogP contribution in [0.15, 0.2) is 24.3 Å². The molecule has 0 unspecified atom stereocenters. The number of nitrogens with two attached hydrogens (primary N) is 1. The van der Waals surface area contributed by atoms with E-state index in [0.29, 0.717) is 10.0 Å². The summed E-state index contributed by atoms with van der Waals surface area (Å²) in [5, 5.41) is 1.39. The van der Waals surface area contributed by atoms with Crippen molar-refractivity contribution >= 4 is 27.9 Å². The summed E-state index contributed by atoms with van der Waals surface area (Å²) < 4.78 is 0. The molecule has 2 aromatic rings. The summed E-state index contributed by atoms with van der Waals surface area (Å²) in [5.74, 6) is 0. The van der Waals surface area contributed by atoms with Gasteiger partial charge in [0, 0.05) is 10.6 Å². The van der Waals surface area contributed by atoms with Gasteiger partial charge >= 0.3 is 0 Å². The summed E-state index contributed by atoms with van der Waals surface area (Å²) in [6.45, 7) is 0. The van der Waals surface area contributed by atoms with Gasteiger partial charge in [0.15, 0.2) is 5.51 Å². The minimum Gasteiger partial charge on any atom is -0.389 e. The molecule has 0 saturated heterocycles. The van der Waals surface area contributed by atoms with E-state index in [4.69, 9.17) is 17.3 Å². The van der Waals surface area contributed by atoms with E-state index in [0.717, 1.165) is 11.3 Å². The van der Waals surface area contributed by atoms with Crippen LogP contribution in [-0.2, 0) is 0 Å². The molecule has 0 bridgehead atoms. The van der Waals surface area contributed by atoms with Crippen LogP contribution in [0.4, 0.5) is 5.00 Å². The molecule has 0 aliphatic heterocycles. The molecule has 13 heavy (non-hydrogen) atoms. The summed E-state index contributed by atoms with van der Waals surface area (Å²) in [6.07, 6.45) is 0. The fraction of sp³-hybridized carbons (Fsp3) is 0. The fourth-order valence-electron chi connectivity index (χ4n) is 1.04. The maximum absolute atomic E-state index is 5.76. The molecular formula is C9H6ClN2S. The van der Waals surface area contributed by atoms with Crippen LogP contribution in [0.5, 0.6) is 0 Å². The molecule has 2 N–H and O–H groups in total. The van der Waals surface area contributed by atoms with Crippen molar-refractivity contribution in [3.63, 3.8) is 0 Å². The lowest BCUT2D eigenvalue weighted by Gasteiger charge is -1.97. The van der Waals surface area contributed by atoms with Gasteiger partial charge in [-0.25, -0.2) is 4.98 Å². The molecular weight excluding hydrogens is 204 g/mol. The predicted octanol–water partition coefficient (Wildman–Crippen LogP) is 2.85. The standard InChI is InChI=1S/C9H6ClN2S/c10-7-3-1-6(2-4-7)8-9(11)13-5-12-8/h1-4H,11H2. The number of anilines is 1. The first-order valence-electron chi connectivity index (χ1n) is 3.65. The van der Waals surface area contributed by atoms with Gasteiger partial charge in [0.2, 0.25) is 0 Å². The smallest absolute Gasteiger partial charge is 0.154 e. The van der Waals surface area contributed by atoms with Crippen molar-refractivity contribution in [3.05, 3.63) is 34.8 Å². The second-order valence-electron chi connectivity index (χ2n) is 2.52. The number of halogens is 1. The molecule has 0 saturated carbocycles. The highest BCUT2D eigenvalue weighted by Crippen LogP contribution is 2.27. The van der Waals surface area contributed by atoms with E-state index in [-0.39, 0.29) is 0 Å². The van der Waals surface area contributed by atoms with Crippen molar-refractivity contribution in [1.29, 1.82) is 0 Å². The topological polar surface area (TPSA) is 38.9 Å². The van der Waals surface area contributed by atoms with Crippen LogP contribution < -0.4 is 5.73 Å². The normalized spacial score (nSPS) is 10.2. The Labute approximate surface area is 85.0 Å². The van der Waals surface area contributed by atoms with Crippen molar-refractivity contribution in [3.8, 4) is 11.3 Å². The molecule has 0 atom stereocenters. The second kappa shape index (κ2) is 3.36. The first-order valence-corrected chi connectivity index (χ1v) is 4.85. The van der Waals surface area contributed by atoms with Gasteiger partial charge in [-0.2, -0.15) is 0 Å². The molecule has 0 amide bonds. The highest BCUT2D eigenvalue weighted by atomic mass is 35.5. The van der Waals surface area contributed by atoms with Crippen molar-refractivity contribution in [2.75, 3.05) is 5.73 Å². The van der Waals surface area contributed by atoms with Crippen LogP contribution in [0.3, 0.4) is 0 Å². The average Bonchev–Trinajstić information content (AvgIpc) is 2.53. The van der Waals surface area contributed by atoms with Gasteiger partial charge in [-0.1, -0.05) is 35.1 Å². The number of nitrogens with zero attached hydrogens (tertiary/aromatic N) is 1. The minimum absolute atomic E-state index is 0.683. The van der Waals surface area contributed by atoms with Crippen LogP contribution in [0.25, 0.3) is 11.3 Å². The molecule has 2 rings (SSSR count). The molecule has 2 nitrogen and oxygen atoms in total. The molecule has 1 aromatic heterocycles. The molecule has 1 radical (unpaired) electrons. The van der Waals surface area contributed by atoms with Crippen LogP contribution in [0.2, 0.25) is 5.02 Å². The maximum Gasteiger partial charge on any atom is 0.154 e. The van der Waals surface area contributed by atoms with Crippen molar-refractivity contribution < 1.29 is 0 Å². The molecule has 4 heteroatoms. The van der Waals surface area contributed by atoms with Crippen molar-refractivity contribution in [2.24, 2.45) is 0 Å². The number of nitrogen functional groups attached to an aromatic ring is 1. The first-order chi connectivity index (χ1) is 6.27. The van der Waals surface area contributed by atoms with E-state index in [1.807, 2.05) is 24.3 Å². The van der Waals surface area contributed by atoms with E-state index in [1.54, 1.807) is 0 Å². The molecule has 65 valence electrons. The Morgan fingerprint density at radius 2 is 2.00 bits per heavy atom.